The van der Waals surface area contributed by atoms with Gasteiger partial charge in [-0.1, -0.05) is 121 Å². The Morgan fingerprint density at radius 2 is 0.978 bits per heavy atom. The maximum absolute atomic E-state index is 5.38. The minimum Gasteiger partial charge on any atom is -0.278 e. The zero-order chi connectivity index (χ0) is 30.2. The molecule has 4 nitrogen and oxygen atoms in total. The summed E-state index contributed by atoms with van der Waals surface area (Å²) in [5.41, 5.74) is 10.9. The van der Waals surface area contributed by atoms with Gasteiger partial charge in [-0.15, -0.1) is 0 Å². The smallest absolute Gasteiger partial charge is 0.221 e. The van der Waals surface area contributed by atoms with Gasteiger partial charge in [0.1, 0.15) is 5.65 Å². The van der Waals surface area contributed by atoms with Crippen molar-refractivity contribution in [3.8, 4) is 28.2 Å². The Balaban J connectivity index is 1.33. The standard InChI is InChI=1S/C42H26N4/c1-2-12-27(13-3-1)28-22-24-29(25-23-28)34-26-35-31-15-7-10-20-38(31)45(40(35)32-16-5-4-14-30(32)34)42-44-36-18-8-6-17-33(36)41-43-37-19-9-11-21-39(37)46(41)42/h1-26H. The predicted octanol–water partition coefficient (Wildman–Crippen LogP) is 10.6. The molecule has 214 valence electrons. The third-order valence-corrected chi connectivity index (χ3v) is 9.30. The quantitative estimate of drug-likeness (QED) is 0.206. The lowest BCUT2D eigenvalue weighted by Gasteiger charge is -2.15. The van der Waals surface area contributed by atoms with Crippen LogP contribution in [0.4, 0.5) is 0 Å². The fourth-order valence-electron chi connectivity index (χ4n) is 7.22. The summed E-state index contributed by atoms with van der Waals surface area (Å²) in [4.78, 5) is 10.5. The van der Waals surface area contributed by atoms with E-state index >= 15 is 0 Å². The lowest BCUT2D eigenvalue weighted by molar-refractivity contribution is 0.982. The number of rotatable bonds is 3. The molecule has 10 aromatic rings. The van der Waals surface area contributed by atoms with Crippen molar-refractivity contribution < 1.29 is 0 Å². The molecule has 0 atom stereocenters. The Bertz CT molecular complexity index is 2790. The van der Waals surface area contributed by atoms with Crippen molar-refractivity contribution in [3.63, 3.8) is 0 Å². The second kappa shape index (κ2) is 9.62. The van der Waals surface area contributed by atoms with E-state index in [2.05, 4.69) is 161 Å². The summed E-state index contributed by atoms with van der Waals surface area (Å²) >= 11 is 0. The molecule has 0 radical (unpaired) electrons. The van der Waals surface area contributed by atoms with Gasteiger partial charge in [-0.25, -0.2) is 9.97 Å². The van der Waals surface area contributed by atoms with Gasteiger partial charge in [-0.2, -0.15) is 0 Å². The molecular weight excluding hydrogens is 560 g/mol. The average molecular weight is 587 g/mol. The van der Waals surface area contributed by atoms with Crippen molar-refractivity contribution in [2.24, 2.45) is 0 Å². The number of hydrogen-bond donors (Lipinski definition) is 0. The van der Waals surface area contributed by atoms with Gasteiger partial charge in [0.2, 0.25) is 5.95 Å². The molecule has 3 aromatic heterocycles. The summed E-state index contributed by atoms with van der Waals surface area (Å²) in [5, 5.41) is 5.82. The number of benzene rings is 7. The average Bonchev–Trinajstić information content (AvgIpc) is 3.68. The van der Waals surface area contributed by atoms with E-state index in [1.165, 1.54) is 43.8 Å². The van der Waals surface area contributed by atoms with Crippen LogP contribution in [0.1, 0.15) is 0 Å². The number of fused-ring (bicyclic) bond motifs is 10. The van der Waals surface area contributed by atoms with Crippen molar-refractivity contribution in [2.45, 2.75) is 0 Å². The van der Waals surface area contributed by atoms with Crippen molar-refractivity contribution in [1.29, 1.82) is 0 Å². The van der Waals surface area contributed by atoms with Crippen molar-refractivity contribution in [1.82, 2.24) is 18.9 Å². The van der Waals surface area contributed by atoms with E-state index in [4.69, 9.17) is 9.97 Å². The first kappa shape index (κ1) is 25.1. The Morgan fingerprint density at radius 3 is 1.78 bits per heavy atom. The molecule has 4 heteroatoms. The van der Waals surface area contributed by atoms with Crippen molar-refractivity contribution in [3.05, 3.63) is 158 Å². The Morgan fingerprint density at radius 1 is 0.391 bits per heavy atom. The van der Waals surface area contributed by atoms with E-state index in [-0.39, 0.29) is 0 Å². The third kappa shape index (κ3) is 3.55. The number of nitrogens with zero attached hydrogens (tertiary/aromatic N) is 4. The summed E-state index contributed by atoms with van der Waals surface area (Å²) in [6, 6.07) is 56.0. The first-order chi connectivity index (χ1) is 22.8. The lowest BCUT2D eigenvalue weighted by atomic mass is 9.94. The van der Waals surface area contributed by atoms with Crippen LogP contribution in [0.2, 0.25) is 0 Å². The molecule has 0 fully saturated rings. The number of hydrogen-bond acceptors (Lipinski definition) is 2. The molecule has 46 heavy (non-hydrogen) atoms. The molecule has 7 aromatic carbocycles. The molecule has 0 amide bonds. The summed E-state index contributed by atoms with van der Waals surface area (Å²) in [5.74, 6) is 0.832. The Hall–Kier alpha value is -6.26. The van der Waals surface area contributed by atoms with Gasteiger partial charge in [0.05, 0.1) is 27.6 Å². The molecule has 0 bridgehead atoms. The maximum Gasteiger partial charge on any atom is 0.221 e. The van der Waals surface area contributed by atoms with Crippen LogP contribution < -0.4 is 0 Å². The maximum atomic E-state index is 5.38. The van der Waals surface area contributed by atoms with Crippen molar-refractivity contribution >= 4 is 60.2 Å². The van der Waals surface area contributed by atoms with Crippen LogP contribution in [-0.2, 0) is 0 Å². The van der Waals surface area contributed by atoms with E-state index in [9.17, 15) is 0 Å². The van der Waals surface area contributed by atoms with E-state index < -0.39 is 0 Å². The van der Waals surface area contributed by atoms with Gasteiger partial charge in [0.15, 0.2) is 0 Å². The second-order valence-electron chi connectivity index (χ2n) is 11.9. The summed E-state index contributed by atoms with van der Waals surface area (Å²) < 4.78 is 4.58. The largest absolute Gasteiger partial charge is 0.278 e. The molecule has 10 rings (SSSR count). The van der Waals surface area contributed by atoms with Crippen LogP contribution in [0.25, 0.3) is 88.4 Å². The normalized spacial score (nSPS) is 11.9. The zero-order valence-corrected chi connectivity index (χ0v) is 24.8. The Kier molecular flexibility index (Phi) is 5.25. The fraction of sp³-hybridized carbons (Fsp3) is 0. The molecule has 0 aliphatic carbocycles. The van der Waals surface area contributed by atoms with Gasteiger partial charge in [-0.05, 0) is 64.0 Å². The number of imidazole rings is 1. The summed E-state index contributed by atoms with van der Waals surface area (Å²) in [6.45, 7) is 0. The number of aromatic nitrogens is 4. The molecule has 0 aliphatic heterocycles. The Labute approximate surface area is 264 Å². The van der Waals surface area contributed by atoms with Gasteiger partial charge >= 0.3 is 0 Å². The molecule has 3 heterocycles. The first-order valence-electron chi connectivity index (χ1n) is 15.6. The van der Waals surface area contributed by atoms with Gasteiger partial charge < -0.3 is 0 Å². The van der Waals surface area contributed by atoms with Crippen molar-refractivity contribution in [2.75, 3.05) is 0 Å². The molecular formula is C42H26N4. The monoisotopic (exact) mass is 586 g/mol. The minimum atomic E-state index is 0.832. The van der Waals surface area contributed by atoms with Crippen LogP contribution in [0.3, 0.4) is 0 Å². The highest BCUT2D eigenvalue weighted by atomic mass is 15.2. The highest BCUT2D eigenvalue weighted by Crippen LogP contribution is 2.42. The molecule has 0 saturated carbocycles. The SMILES string of the molecule is c1ccc(-c2ccc(-c3cc4c5ccccc5n(-c5nc6ccccc6c6nc7ccccc7n56)c4c4ccccc34)cc2)cc1. The lowest BCUT2D eigenvalue weighted by Crippen LogP contribution is -2.06. The molecule has 0 unspecified atom stereocenters. The van der Waals surface area contributed by atoms with Crippen LogP contribution in [0.15, 0.2) is 158 Å². The molecule has 0 aliphatic rings. The van der Waals surface area contributed by atoms with Gasteiger partial charge in [-0.3, -0.25) is 8.97 Å². The first-order valence-corrected chi connectivity index (χ1v) is 15.6. The topological polar surface area (TPSA) is 35.1 Å². The van der Waals surface area contributed by atoms with E-state index in [0.29, 0.717) is 0 Å². The second-order valence-corrected chi connectivity index (χ2v) is 11.9. The van der Waals surface area contributed by atoms with Crippen LogP contribution in [0.5, 0.6) is 0 Å². The molecule has 0 spiro atoms. The highest BCUT2D eigenvalue weighted by molar-refractivity contribution is 6.22. The summed E-state index contributed by atoms with van der Waals surface area (Å²) in [7, 11) is 0. The van der Waals surface area contributed by atoms with E-state index in [0.717, 1.165) is 44.6 Å². The van der Waals surface area contributed by atoms with E-state index in [1.54, 1.807) is 0 Å². The van der Waals surface area contributed by atoms with Crippen LogP contribution in [-0.4, -0.2) is 18.9 Å². The number of para-hydroxylation sites is 4. The van der Waals surface area contributed by atoms with Gasteiger partial charge in [0, 0.05) is 21.5 Å². The van der Waals surface area contributed by atoms with E-state index in [1.807, 2.05) is 6.07 Å². The fourth-order valence-corrected chi connectivity index (χ4v) is 7.22. The highest BCUT2D eigenvalue weighted by Gasteiger charge is 2.22. The predicted molar refractivity (Wildman–Crippen MR) is 191 cm³/mol. The minimum absolute atomic E-state index is 0.832. The zero-order valence-electron chi connectivity index (χ0n) is 24.8. The third-order valence-electron chi connectivity index (χ3n) is 9.30. The van der Waals surface area contributed by atoms with Crippen LogP contribution >= 0.6 is 0 Å². The molecule has 0 saturated heterocycles. The van der Waals surface area contributed by atoms with Crippen LogP contribution in [0, 0.1) is 0 Å². The van der Waals surface area contributed by atoms with Gasteiger partial charge in [0.25, 0.3) is 0 Å². The summed E-state index contributed by atoms with van der Waals surface area (Å²) in [6.07, 6.45) is 0. The molecule has 0 N–H and O–H groups in total.